The molecule has 2 N–H and O–H groups in total. The zero-order valence-corrected chi connectivity index (χ0v) is 20.3. The lowest BCUT2D eigenvalue weighted by Gasteiger charge is -2.18. The Morgan fingerprint density at radius 2 is 1.91 bits per heavy atom. The van der Waals surface area contributed by atoms with Gasteiger partial charge in [-0.15, -0.1) is 5.10 Å². The van der Waals surface area contributed by atoms with E-state index >= 15 is 0 Å². The van der Waals surface area contributed by atoms with E-state index in [1.165, 1.54) is 11.1 Å². The summed E-state index contributed by atoms with van der Waals surface area (Å²) < 4.78 is 3.39. The summed E-state index contributed by atoms with van der Waals surface area (Å²) >= 11 is 0. The van der Waals surface area contributed by atoms with E-state index in [2.05, 4.69) is 58.7 Å². The summed E-state index contributed by atoms with van der Waals surface area (Å²) in [5.74, 6) is 0.968. The Morgan fingerprint density at radius 1 is 1.09 bits per heavy atom. The van der Waals surface area contributed by atoms with Crippen molar-refractivity contribution >= 4 is 22.7 Å². The number of rotatable bonds is 4. The first-order valence-corrected chi connectivity index (χ1v) is 11.7. The largest absolute Gasteiger partial charge is 0.324 e. The van der Waals surface area contributed by atoms with Crippen LogP contribution in [0.4, 0.5) is 11.6 Å². The fraction of sp³-hybridized carbons (Fsp3) is 0.400. The standard InChI is InChI=1S/C25H30N8O/c1-15(2)32-23(34)19-14-27-24(28-18-7-6-17-13-26-11-10-16(17)12-18)29-22(19)33(32)21-9-8-20(30-31-21)25(3,4)5/h6-9,12,14-15,26H,10-11,13H2,1-5H3,(H,27,28,29). The molecule has 9 heteroatoms. The van der Waals surface area contributed by atoms with Crippen LogP contribution in [0.5, 0.6) is 0 Å². The van der Waals surface area contributed by atoms with Gasteiger partial charge in [0.15, 0.2) is 11.5 Å². The van der Waals surface area contributed by atoms with Gasteiger partial charge >= 0.3 is 0 Å². The number of hydrogen-bond acceptors (Lipinski definition) is 7. The fourth-order valence-electron chi connectivity index (χ4n) is 4.27. The van der Waals surface area contributed by atoms with E-state index in [9.17, 15) is 4.79 Å². The maximum Gasteiger partial charge on any atom is 0.278 e. The van der Waals surface area contributed by atoms with Crippen molar-refractivity contribution in [3.05, 3.63) is 63.7 Å². The number of anilines is 2. The highest BCUT2D eigenvalue weighted by atomic mass is 16.1. The maximum atomic E-state index is 13.2. The molecule has 0 saturated heterocycles. The van der Waals surface area contributed by atoms with Crippen LogP contribution in [-0.4, -0.2) is 36.1 Å². The van der Waals surface area contributed by atoms with Crippen molar-refractivity contribution in [1.29, 1.82) is 0 Å². The third-order valence-corrected chi connectivity index (χ3v) is 6.10. The number of nitrogens with one attached hydrogen (secondary N) is 2. The molecule has 1 aliphatic rings. The van der Waals surface area contributed by atoms with Crippen molar-refractivity contribution in [3.63, 3.8) is 0 Å². The van der Waals surface area contributed by atoms with Crippen LogP contribution >= 0.6 is 0 Å². The molecule has 0 bridgehead atoms. The Bertz CT molecular complexity index is 1410. The van der Waals surface area contributed by atoms with Gasteiger partial charge in [0.05, 0.1) is 5.69 Å². The Morgan fingerprint density at radius 3 is 2.62 bits per heavy atom. The molecule has 1 aromatic carbocycles. The number of aromatic nitrogens is 6. The molecule has 1 aliphatic heterocycles. The van der Waals surface area contributed by atoms with E-state index in [4.69, 9.17) is 4.98 Å². The van der Waals surface area contributed by atoms with Crippen LogP contribution in [0.3, 0.4) is 0 Å². The second kappa shape index (κ2) is 8.32. The third-order valence-electron chi connectivity index (χ3n) is 6.10. The van der Waals surface area contributed by atoms with E-state index in [0.29, 0.717) is 22.8 Å². The molecular formula is C25H30N8O. The lowest BCUT2D eigenvalue weighted by Crippen LogP contribution is -2.25. The molecule has 9 nitrogen and oxygen atoms in total. The first-order chi connectivity index (χ1) is 16.2. The van der Waals surface area contributed by atoms with Crippen molar-refractivity contribution in [2.75, 3.05) is 11.9 Å². The van der Waals surface area contributed by atoms with Gasteiger partial charge in [-0.2, -0.15) is 10.1 Å². The minimum absolute atomic E-state index is 0.101. The normalized spacial score (nSPS) is 13.9. The molecule has 0 spiro atoms. The van der Waals surface area contributed by atoms with Gasteiger partial charge < -0.3 is 10.6 Å². The Kier molecular flexibility index (Phi) is 5.44. The molecule has 34 heavy (non-hydrogen) atoms. The van der Waals surface area contributed by atoms with Crippen LogP contribution in [0.1, 0.15) is 57.5 Å². The second-order valence-corrected chi connectivity index (χ2v) is 10.0. The van der Waals surface area contributed by atoms with Gasteiger partial charge in [-0.3, -0.25) is 4.79 Å². The minimum Gasteiger partial charge on any atom is -0.324 e. The van der Waals surface area contributed by atoms with E-state index in [0.717, 1.165) is 30.9 Å². The molecule has 3 aromatic heterocycles. The van der Waals surface area contributed by atoms with Gasteiger partial charge in [-0.25, -0.2) is 14.3 Å². The number of hydrogen-bond donors (Lipinski definition) is 2. The lowest BCUT2D eigenvalue weighted by molar-refractivity contribution is 0.468. The molecule has 0 fully saturated rings. The van der Waals surface area contributed by atoms with E-state index in [1.807, 2.05) is 32.0 Å². The number of benzene rings is 1. The topological polar surface area (TPSA) is 103 Å². The molecule has 0 atom stereocenters. The van der Waals surface area contributed by atoms with Crippen molar-refractivity contribution in [2.24, 2.45) is 0 Å². The van der Waals surface area contributed by atoms with Crippen LogP contribution < -0.4 is 16.2 Å². The Balaban J connectivity index is 1.59. The second-order valence-electron chi connectivity index (χ2n) is 10.0. The third kappa shape index (κ3) is 3.96. The van der Waals surface area contributed by atoms with Gasteiger partial charge in [0, 0.05) is 29.9 Å². The van der Waals surface area contributed by atoms with Crippen LogP contribution in [-0.2, 0) is 18.4 Å². The summed E-state index contributed by atoms with van der Waals surface area (Å²) in [6, 6.07) is 10.0. The molecule has 0 aliphatic carbocycles. The van der Waals surface area contributed by atoms with Gasteiger partial charge in [-0.05, 0) is 62.2 Å². The summed E-state index contributed by atoms with van der Waals surface area (Å²) in [7, 11) is 0. The predicted octanol–water partition coefficient (Wildman–Crippen LogP) is 3.64. The summed E-state index contributed by atoms with van der Waals surface area (Å²) in [4.78, 5) is 22.4. The summed E-state index contributed by atoms with van der Waals surface area (Å²) in [6.45, 7) is 12.1. The first kappa shape index (κ1) is 22.2. The van der Waals surface area contributed by atoms with E-state index in [1.54, 1.807) is 15.6 Å². The predicted molar refractivity (Wildman–Crippen MR) is 133 cm³/mol. The average Bonchev–Trinajstić information content (AvgIpc) is 3.10. The molecular weight excluding hydrogens is 428 g/mol. The highest BCUT2D eigenvalue weighted by Crippen LogP contribution is 2.24. The molecule has 176 valence electrons. The van der Waals surface area contributed by atoms with Gasteiger partial charge in [-0.1, -0.05) is 26.8 Å². The maximum absolute atomic E-state index is 13.2. The zero-order valence-electron chi connectivity index (χ0n) is 20.3. The molecule has 5 rings (SSSR count). The monoisotopic (exact) mass is 458 g/mol. The van der Waals surface area contributed by atoms with Crippen LogP contribution in [0.25, 0.3) is 16.9 Å². The molecule has 4 heterocycles. The fourth-order valence-corrected chi connectivity index (χ4v) is 4.27. The minimum atomic E-state index is -0.153. The first-order valence-electron chi connectivity index (χ1n) is 11.7. The van der Waals surface area contributed by atoms with Crippen LogP contribution in [0.2, 0.25) is 0 Å². The van der Waals surface area contributed by atoms with Gasteiger partial charge in [0.25, 0.3) is 5.56 Å². The number of fused-ring (bicyclic) bond motifs is 2. The zero-order chi connectivity index (χ0) is 24.0. The van der Waals surface area contributed by atoms with Crippen LogP contribution in [0.15, 0.2) is 41.3 Å². The van der Waals surface area contributed by atoms with Gasteiger partial charge in [0.2, 0.25) is 5.95 Å². The summed E-state index contributed by atoms with van der Waals surface area (Å²) in [5, 5.41) is 16.0. The molecule has 0 saturated carbocycles. The van der Waals surface area contributed by atoms with Crippen LogP contribution in [0, 0.1) is 0 Å². The van der Waals surface area contributed by atoms with E-state index < -0.39 is 0 Å². The lowest BCUT2D eigenvalue weighted by atomic mass is 9.92. The average molecular weight is 459 g/mol. The van der Waals surface area contributed by atoms with Gasteiger partial charge in [0.1, 0.15) is 5.39 Å². The summed E-state index contributed by atoms with van der Waals surface area (Å²) in [6.07, 6.45) is 2.58. The molecule has 0 unspecified atom stereocenters. The van der Waals surface area contributed by atoms with Crippen molar-refractivity contribution < 1.29 is 0 Å². The Hall–Kier alpha value is -3.59. The molecule has 0 radical (unpaired) electrons. The highest BCUT2D eigenvalue weighted by molar-refractivity contribution is 5.77. The van der Waals surface area contributed by atoms with E-state index in [-0.39, 0.29) is 17.0 Å². The molecule has 0 amide bonds. The molecule has 4 aromatic rings. The SMILES string of the molecule is CC(C)n1c(=O)c2cnc(Nc3ccc4c(c3)CCNC4)nc2n1-c1ccc(C(C)(C)C)nn1. The summed E-state index contributed by atoms with van der Waals surface area (Å²) in [5.41, 5.74) is 4.66. The van der Waals surface area contributed by atoms with Crippen molar-refractivity contribution in [2.45, 2.75) is 59.0 Å². The smallest absolute Gasteiger partial charge is 0.278 e. The van der Waals surface area contributed by atoms with Crippen molar-refractivity contribution in [3.8, 4) is 5.82 Å². The van der Waals surface area contributed by atoms with Crippen molar-refractivity contribution in [1.82, 2.24) is 34.8 Å². The quantitative estimate of drug-likeness (QED) is 0.481. The Labute approximate surface area is 198 Å². The highest BCUT2D eigenvalue weighted by Gasteiger charge is 2.22. The number of nitrogens with zero attached hydrogens (tertiary/aromatic N) is 6.